The van der Waals surface area contributed by atoms with Crippen LogP contribution < -0.4 is 11.1 Å². The molecule has 0 bridgehead atoms. The molecule has 16 heavy (non-hydrogen) atoms. The molecule has 86 valence electrons. The summed E-state index contributed by atoms with van der Waals surface area (Å²) in [5, 5.41) is 8.03. The van der Waals surface area contributed by atoms with Crippen molar-refractivity contribution in [2.24, 2.45) is 5.73 Å². The molecule has 3 N–H and O–H groups in total. The van der Waals surface area contributed by atoms with Crippen molar-refractivity contribution in [2.45, 2.75) is 25.4 Å². The van der Waals surface area contributed by atoms with Crippen molar-refractivity contribution in [2.75, 3.05) is 18.5 Å². The molecule has 5 nitrogen and oxygen atoms in total. The zero-order valence-electron chi connectivity index (χ0n) is 8.90. The molecule has 1 fully saturated rings. The molecule has 2 aliphatic rings. The van der Waals surface area contributed by atoms with Gasteiger partial charge in [-0.15, -0.1) is 0 Å². The standard InChI is InChI=1S/C10H14N4OS/c11-10(16)14-9-6(3-4-12-9)8(13-14)7-2-1-5-15-7/h7,12H,1-5H2,(H2,11,16). The number of aromatic nitrogens is 2. The number of ether oxygens (including phenoxy) is 1. The van der Waals surface area contributed by atoms with E-state index < -0.39 is 0 Å². The number of hydrogen-bond donors (Lipinski definition) is 2. The zero-order chi connectivity index (χ0) is 11.1. The van der Waals surface area contributed by atoms with Crippen molar-refractivity contribution < 1.29 is 4.74 Å². The minimum Gasteiger partial charge on any atom is -0.374 e. The van der Waals surface area contributed by atoms with Crippen LogP contribution in [-0.4, -0.2) is 28.0 Å². The summed E-state index contributed by atoms with van der Waals surface area (Å²) in [6.45, 7) is 1.75. The molecule has 1 saturated heterocycles. The molecule has 3 rings (SSSR count). The molecule has 0 aromatic carbocycles. The second kappa shape index (κ2) is 3.71. The topological polar surface area (TPSA) is 65.1 Å². The van der Waals surface area contributed by atoms with Crippen molar-refractivity contribution in [3.63, 3.8) is 0 Å². The third-order valence-corrected chi connectivity index (χ3v) is 3.30. The third-order valence-electron chi connectivity index (χ3n) is 3.13. The van der Waals surface area contributed by atoms with E-state index in [0.717, 1.165) is 43.9 Å². The molecule has 6 heteroatoms. The van der Waals surface area contributed by atoms with Crippen LogP contribution in [-0.2, 0) is 11.2 Å². The highest BCUT2D eigenvalue weighted by Crippen LogP contribution is 2.35. The first kappa shape index (κ1) is 10.0. The maximum atomic E-state index is 5.67. The van der Waals surface area contributed by atoms with Crippen molar-refractivity contribution in [3.8, 4) is 0 Å². The monoisotopic (exact) mass is 238 g/mol. The number of hydrogen-bond acceptors (Lipinski definition) is 4. The van der Waals surface area contributed by atoms with Gasteiger partial charge in [0.1, 0.15) is 11.9 Å². The molecule has 2 aliphatic heterocycles. The number of fused-ring (bicyclic) bond motifs is 1. The van der Waals surface area contributed by atoms with Crippen LogP contribution in [0.4, 0.5) is 5.82 Å². The predicted molar refractivity (Wildman–Crippen MR) is 64.5 cm³/mol. The largest absolute Gasteiger partial charge is 0.374 e. The van der Waals surface area contributed by atoms with Crippen molar-refractivity contribution in [3.05, 3.63) is 11.3 Å². The molecule has 0 spiro atoms. The molecule has 0 radical (unpaired) electrons. The van der Waals surface area contributed by atoms with Crippen LogP contribution >= 0.6 is 12.2 Å². The second-order valence-corrected chi connectivity index (χ2v) is 4.56. The Labute approximate surface area is 98.9 Å². The average molecular weight is 238 g/mol. The summed E-state index contributed by atoms with van der Waals surface area (Å²) >= 11 is 4.99. The first-order valence-corrected chi connectivity index (χ1v) is 5.95. The summed E-state index contributed by atoms with van der Waals surface area (Å²) in [6.07, 6.45) is 3.25. The van der Waals surface area contributed by atoms with E-state index in [2.05, 4.69) is 10.4 Å². The average Bonchev–Trinajstić information content (AvgIpc) is 2.93. The Morgan fingerprint density at radius 1 is 1.62 bits per heavy atom. The molecule has 1 aromatic heterocycles. The van der Waals surface area contributed by atoms with Gasteiger partial charge in [-0.2, -0.15) is 9.78 Å². The van der Waals surface area contributed by atoms with E-state index in [0.29, 0.717) is 0 Å². The van der Waals surface area contributed by atoms with Crippen LogP contribution in [0, 0.1) is 0 Å². The summed E-state index contributed by atoms with van der Waals surface area (Å²) in [4.78, 5) is 0. The molecule has 3 heterocycles. The van der Waals surface area contributed by atoms with Crippen molar-refractivity contribution >= 4 is 23.1 Å². The maximum Gasteiger partial charge on any atom is 0.193 e. The van der Waals surface area contributed by atoms with Crippen LogP contribution in [0.1, 0.15) is 30.2 Å². The lowest BCUT2D eigenvalue weighted by atomic mass is 10.1. The first-order valence-electron chi connectivity index (χ1n) is 5.54. The van der Waals surface area contributed by atoms with Crippen molar-refractivity contribution in [1.29, 1.82) is 0 Å². The van der Waals surface area contributed by atoms with Crippen LogP contribution in [0.15, 0.2) is 0 Å². The normalized spacial score (nSPS) is 23.1. The molecule has 0 saturated carbocycles. The lowest BCUT2D eigenvalue weighted by Gasteiger charge is -2.07. The fraction of sp³-hybridized carbons (Fsp3) is 0.600. The minimum atomic E-state index is 0.129. The van der Waals surface area contributed by atoms with E-state index in [1.165, 1.54) is 5.56 Å². The van der Waals surface area contributed by atoms with E-state index in [1.807, 2.05) is 0 Å². The fourth-order valence-corrected chi connectivity index (χ4v) is 2.54. The highest BCUT2D eigenvalue weighted by atomic mass is 32.1. The van der Waals surface area contributed by atoms with Gasteiger partial charge in [0.25, 0.3) is 0 Å². The van der Waals surface area contributed by atoms with E-state index in [-0.39, 0.29) is 11.2 Å². The van der Waals surface area contributed by atoms with Gasteiger partial charge < -0.3 is 15.8 Å². The van der Waals surface area contributed by atoms with E-state index in [9.17, 15) is 0 Å². The lowest BCUT2D eigenvalue weighted by Crippen LogP contribution is -2.22. The SMILES string of the molecule is NC(=S)n1nc(C2CCCO2)c2c1NCC2. The first-order chi connectivity index (χ1) is 7.77. The van der Waals surface area contributed by atoms with Gasteiger partial charge in [-0.05, 0) is 31.5 Å². The summed E-state index contributed by atoms with van der Waals surface area (Å²) in [7, 11) is 0. The van der Waals surface area contributed by atoms with Crippen LogP contribution in [0.5, 0.6) is 0 Å². The van der Waals surface area contributed by atoms with E-state index in [1.54, 1.807) is 4.68 Å². The molecule has 1 aromatic rings. The highest BCUT2D eigenvalue weighted by molar-refractivity contribution is 7.80. The summed E-state index contributed by atoms with van der Waals surface area (Å²) in [6, 6.07) is 0. The molecule has 1 atom stereocenters. The van der Waals surface area contributed by atoms with Crippen molar-refractivity contribution in [1.82, 2.24) is 9.78 Å². The molecule has 0 amide bonds. The van der Waals surface area contributed by atoms with Crippen LogP contribution in [0.25, 0.3) is 0 Å². The Morgan fingerprint density at radius 2 is 2.50 bits per heavy atom. The van der Waals surface area contributed by atoms with Gasteiger partial charge in [0, 0.05) is 18.7 Å². The van der Waals surface area contributed by atoms with Crippen LogP contribution in [0.2, 0.25) is 0 Å². The number of nitrogens with two attached hydrogens (primary N) is 1. The summed E-state index contributed by atoms with van der Waals surface area (Å²) < 4.78 is 7.29. The number of rotatable bonds is 1. The lowest BCUT2D eigenvalue weighted by molar-refractivity contribution is 0.108. The maximum absolute atomic E-state index is 5.67. The quantitative estimate of drug-likeness (QED) is 0.708. The Bertz CT molecular complexity index is 436. The Balaban J connectivity index is 2.05. The van der Waals surface area contributed by atoms with Crippen LogP contribution in [0.3, 0.4) is 0 Å². The molecule has 0 aliphatic carbocycles. The van der Waals surface area contributed by atoms with E-state index in [4.69, 9.17) is 22.7 Å². The predicted octanol–water partition coefficient (Wildman–Crippen LogP) is 0.794. The summed E-state index contributed by atoms with van der Waals surface area (Å²) in [5.41, 5.74) is 7.89. The smallest absolute Gasteiger partial charge is 0.193 e. The number of anilines is 1. The summed E-state index contributed by atoms with van der Waals surface area (Å²) in [5.74, 6) is 0.956. The Kier molecular flexibility index (Phi) is 2.33. The van der Waals surface area contributed by atoms with Gasteiger partial charge in [0.15, 0.2) is 5.11 Å². The van der Waals surface area contributed by atoms with E-state index >= 15 is 0 Å². The van der Waals surface area contributed by atoms with Gasteiger partial charge >= 0.3 is 0 Å². The third kappa shape index (κ3) is 1.41. The number of nitrogens with one attached hydrogen (secondary N) is 1. The molecular weight excluding hydrogens is 224 g/mol. The Hall–Kier alpha value is -1.14. The number of nitrogens with zero attached hydrogens (tertiary/aromatic N) is 2. The Morgan fingerprint density at radius 3 is 3.19 bits per heavy atom. The van der Waals surface area contributed by atoms with Gasteiger partial charge in [-0.3, -0.25) is 0 Å². The second-order valence-electron chi connectivity index (χ2n) is 4.14. The molecular formula is C10H14N4OS. The molecule has 1 unspecified atom stereocenters. The van der Waals surface area contributed by atoms with Gasteiger partial charge in [-0.1, -0.05) is 0 Å². The fourth-order valence-electron chi connectivity index (χ4n) is 2.41. The number of thiocarbonyl (C=S) groups is 1. The van der Waals surface area contributed by atoms with Gasteiger partial charge in [0.2, 0.25) is 0 Å². The minimum absolute atomic E-state index is 0.129. The van der Waals surface area contributed by atoms with Gasteiger partial charge in [0.05, 0.1) is 5.69 Å². The van der Waals surface area contributed by atoms with Gasteiger partial charge in [-0.25, -0.2) is 0 Å². The zero-order valence-corrected chi connectivity index (χ0v) is 9.72. The highest BCUT2D eigenvalue weighted by Gasteiger charge is 2.30.